The normalized spacial score (nSPS) is 17.4. The molecular formula is C19H17F3N6. The Hall–Kier alpha value is -3.12. The predicted molar refractivity (Wildman–Crippen MR) is 98.6 cm³/mol. The third-order valence-electron chi connectivity index (χ3n) is 4.82. The van der Waals surface area contributed by atoms with Crippen molar-refractivity contribution in [2.75, 3.05) is 18.4 Å². The summed E-state index contributed by atoms with van der Waals surface area (Å²) >= 11 is 0. The summed E-state index contributed by atoms with van der Waals surface area (Å²) in [7, 11) is 0. The molecule has 0 unspecified atom stereocenters. The molecule has 2 aromatic heterocycles. The lowest BCUT2D eigenvalue weighted by molar-refractivity contribution is -0.137. The lowest BCUT2D eigenvalue weighted by Gasteiger charge is -2.24. The molecule has 3 heterocycles. The van der Waals surface area contributed by atoms with Crippen molar-refractivity contribution in [3.05, 3.63) is 41.7 Å². The second kappa shape index (κ2) is 7.13. The number of para-hydroxylation sites is 1. The number of H-pyrrole nitrogens is 1. The van der Waals surface area contributed by atoms with E-state index >= 15 is 0 Å². The minimum Gasteiger partial charge on any atom is -0.359 e. The molecule has 1 aliphatic heterocycles. The molecule has 4 rings (SSSR count). The van der Waals surface area contributed by atoms with Gasteiger partial charge in [-0.2, -0.15) is 18.4 Å². The third kappa shape index (κ3) is 3.39. The van der Waals surface area contributed by atoms with Crippen LogP contribution >= 0.6 is 0 Å². The molecule has 0 radical (unpaired) electrons. The topological polar surface area (TPSA) is 89.4 Å². The molecule has 6 nitrogen and oxygen atoms in total. The first-order chi connectivity index (χ1) is 13.5. The molecule has 1 fully saturated rings. The van der Waals surface area contributed by atoms with Gasteiger partial charge in [0, 0.05) is 35.9 Å². The number of hydrogen-bond acceptors (Lipinski definition) is 5. The highest BCUT2D eigenvalue weighted by atomic mass is 19.4. The van der Waals surface area contributed by atoms with E-state index < -0.39 is 11.7 Å². The maximum atomic E-state index is 13.6. The van der Waals surface area contributed by atoms with Crippen molar-refractivity contribution < 1.29 is 13.2 Å². The van der Waals surface area contributed by atoms with Crippen LogP contribution in [-0.2, 0) is 6.18 Å². The van der Waals surface area contributed by atoms with E-state index in [1.807, 2.05) is 6.07 Å². The number of aromatic amines is 1. The largest absolute Gasteiger partial charge is 0.419 e. The van der Waals surface area contributed by atoms with Gasteiger partial charge < -0.3 is 15.6 Å². The minimum atomic E-state index is -4.60. The van der Waals surface area contributed by atoms with Crippen LogP contribution in [0, 0.1) is 11.3 Å². The second-order valence-electron chi connectivity index (χ2n) is 6.68. The van der Waals surface area contributed by atoms with E-state index in [0.29, 0.717) is 23.0 Å². The number of nitrogens with zero attached hydrogens (tertiary/aromatic N) is 3. The van der Waals surface area contributed by atoms with Crippen molar-refractivity contribution in [1.29, 1.82) is 5.26 Å². The molecule has 0 amide bonds. The standard InChI is InChI=1S/C19H17F3N6/c20-19(21,22)15-10-26-18(27-12-4-2-6-24-8-12)28-17(15)14-9-25-16-11(7-23)3-1-5-13(14)16/h1,3,5,9-10,12,24-25H,2,4,6,8H2,(H,26,27,28)/t12-/m0/s1. The number of rotatable bonds is 3. The molecule has 3 aromatic rings. The van der Waals surface area contributed by atoms with E-state index in [2.05, 4.69) is 25.6 Å². The van der Waals surface area contributed by atoms with Crippen molar-refractivity contribution in [2.24, 2.45) is 0 Å². The monoisotopic (exact) mass is 386 g/mol. The molecule has 28 heavy (non-hydrogen) atoms. The number of alkyl halides is 3. The zero-order chi connectivity index (χ0) is 19.7. The number of halogens is 3. The van der Waals surface area contributed by atoms with Crippen LogP contribution in [0.3, 0.4) is 0 Å². The maximum Gasteiger partial charge on any atom is 0.419 e. The van der Waals surface area contributed by atoms with Crippen molar-refractivity contribution in [3.63, 3.8) is 0 Å². The van der Waals surface area contributed by atoms with Crippen LogP contribution in [0.15, 0.2) is 30.6 Å². The summed E-state index contributed by atoms with van der Waals surface area (Å²) in [5.41, 5.74) is 0.000511. The van der Waals surface area contributed by atoms with Crippen LogP contribution < -0.4 is 10.6 Å². The van der Waals surface area contributed by atoms with Crippen LogP contribution in [0.1, 0.15) is 24.0 Å². The van der Waals surface area contributed by atoms with Crippen LogP contribution in [0.25, 0.3) is 22.2 Å². The quantitative estimate of drug-likeness (QED) is 0.639. The number of aromatic nitrogens is 3. The molecule has 9 heteroatoms. The molecule has 144 valence electrons. The van der Waals surface area contributed by atoms with Crippen LogP contribution in [-0.4, -0.2) is 34.1 Å². The minimum absolute atomic E-state index is 0.0616. The van der Waals surface area contributed by atoms with Gasteiger partial charge in [0.05, 0.1) is 16.8 Å². The van der Waals surface area contributed by atoms with E-state index in [0.717, 1.165) is 25.6 Å². The number of nitriles is 1. The lowest BCUT2D eigenvalue weighted by Crippen LogP contribution is -2.38. The van der Waals surface area contributed by atoms with Gasteiger partial charge in [0.25, 0.3) is 0 Å². The molecule has 1 saturated heterocycles. The Labute approximate surface area is 158 Å². The maximum absolute atomic E-state index is 13.6. The Balaban J connectivity index is 1.82. The summed E-state index contributed by atoms with van der Waals surface area (Å²) in [6, 6.07) is 7.02. The van der Waals surface area contributed by atoms with Crippen molar-refractivity contribution >= 4 is 16.9 Å². The molecule has 1 atom stereocenters. The van der Waals surface area contributed by atoms with E-state index in [-0.39, 0.29) is 23.2 Å². The summed E-state index contributed by atoms with van der Waals surface area (Å²) in [5, 5.41) is 16.1. The molecule has 0 spiro atoms. The first-order valence-corrected chi connectivity index (χ1v) is 8.89. The second-order valence-corrected chi connectivity index (χ2v) is 6.68. The summed E-state index contributed by atoms with van der Waals surface area (Å²) in [6.45, 7) is 1.63. The molecule has 1 aromatic carbocycles. The van der Waals surface area contributed by atoms with Crippen LogP contribution in [0.5, 0.6) is 0 Å². The summed E-state index contributed by atoms with van der Waals surface area (Å²) < 4.78 is 40.8. The Bertz CT molecular complexity index is 1040. The Morgan fingerprint density at radius 1 is 1.29 bits per heavy atom. The highest BCUT2D eigenvalue weighted by Gasteiger charge is 2.36. The van der Waals surface area contributed by atoms with Gasteiger partial charge in [-0.05, 0) is 25.5 Å². The smallest absolute Gasteiger partial charge is 0.359 e. The van der Waals surface area contributed by atoms with Gasteiger partial charge in [-0.3, -0.25) is 0 Å². The average molecular weight is 386 g/mol. The van der Waals surface area contributed by atoms with E-state index in [1.54, 1.807) is 18.2 Å². The Kier molecular flexibility index (Phi) is 4.65. The van der Waals surface area contributed by atoms with Gasteiger partial charge in [-0.25, -0.2) is 9.97 Å². The van der Waals surface area contributed by atoms with Gasteiger partial charge in [-0.1, -0.05) is 12.1 Å². The van der Waals surface area contributed by atoms with Crippen LogP contribution in [0.2, 0.25) is 0 Å². The SMILES string of the molecule is N#Cc1cccc2c(-c3nc(N[C@H]4CCCNC4)ncc3C(F)(F)F)c[nH]c12. The van der Waals surface area contributed by atoms with Crippen molar-refractivity contribution in [3.8, 4) is 17.3 Å². The molecular weight excluding hydrogens is 369 g/mol. The Morgan fingerprint density at radius 3 is 2.86 bits per heavy atom. The molecule has 0 bridgehead atoms. The highest BCUT2D eigenvalue weighted by molar-refractivity contribution is 5.98. The highest BCUT2D eigenvalue weighted by Crippen LogP contribution is 2.39. The zero-order valence-electron chi connectivity index (χ0n) is 14.8. The summed E-state index contributed by atoms with van der Waals surface area (Å²) in [4.78, 5) is 11.0. The van der Waals surface area contributed by atoms with Gasteiger partial charge in [0.2, 0.25) is 5.95 Å². The lowest BCUT2D eigenvalue weighted by atomic mass is 10.0. The van der Waals surface area contributed by atoms with E-state index in [1.165, 1.54) is 6.20 Å². The molecule has 0 aliphatic carbocycles. The number of fused-ring (bicyclic) bond motifs is 1. The van der Waals surface area contributed by atoms with Gasteiger partial charge >= 0.3 is 6.18 Å². The fraction of sp³-hybridized carbons (Fsp3) is 0.316. The summed E-state index contributed by atoms with van der Waals surface area (Å²) in [6.07, 6.45) is -0.463. The number of nitrogens with one attached hydrogen (secondary N) is 3. The molecule has 3 N–H and O–H groups in total. The summed E-state index contributed by atoms with van der Waals surface area (Å²) in [5.74, 6) is 0.155. The first-order valence-electron chi connectivity index (χ1n) is 8.89. The van der Waals surface area contributed by atoms with Crippen molar-refractivity contribution in [1.82, 2.24) is 20.3 Å². The zero-order valence-corrected chi connectivity index (χ0v) is 14.8. The van der Waals surface area contributed by atoms with Crippen molar-refractivity contribution in [2.45, 2.75) is 25.1 Å². The number of piperidine rings is 1. The predicted octanol–water partition coefficient (Wildman–Crippen LogP) is 3.68. The average Bonchev–Trinajstić information content (AvgIpc) is 3.12. The number of hydrogen-bond donors (Lipinski definition) is 3. The Morgan fingerprint density at radius 2 is 2.14 bits per heavy atom. The fourth-order valence-corrected chi connectivity index (χ4v) is 3.47. The van der Waals surface area contributed by atoms with Gasteiger partial charge in [0.15, 0.2) is 0 Å². The fourth-order valence-electron chi connectivity index (χ4n) is 3.47. The van der Waals surface area contributed by atoms with Crippen LogP contribution in [0.4, 0.5) is 19.1 Å². The number of benzene rings is 1. The van der Waals surface area contributed by atoms with E-state index in [9.17, 15) is 18.4 Å². The number of anilines is 1. The van der Waals surface area contributed by atoms with Gasteiger partial charge in [0.1, 0.15) is 11.6 Å². The van der Waals surface area contributed by atoms with E-state index in [4.69, 9.17) is 0 Å². The van der Waals surface area contributed by atoms with Gasteiger partial charge in [-0.15, -0.1) is 0 Å². The third-order valence-corrected chi connectivity index (χ3v) is 4.82. The first kappa shape index (κ1) is 18.3. The molecule has 0 saturated carbocycles. The molecule has 1 aliphatic rings.